The molecule has 3 rings (SSSR count). The topological polar surface area (TPSA) is 75.6 Å². The minimum Gasteiger partial charge on any atom is -1.00 e. The van der Waals surface area contributed by atoms with Crippen LogP contribution >= 0.6 is 23.4 Å². The maximum atomic E-state index is 13.2. The normalized spacial score (nSPS) is 11.4. The zero-order valence-electron chi connectivity index (χ0n) is 21.9. The first-order valence-electron chi connectivity index (χ1n) is 11.4. The Labute approximate surface area is 235 Å². The van der Waals surface area contributed by atoms with Crippen LogP contribution in [0, 0.1) is 6.92 Å². The first kappa shape index (κ1) is 30.0. The smallest absolute Gasteiger partial charge is 1.00 e. The van der Waals surface area contributed by atoms with E-state index in [-0.39, 0.29) is 20.3 Å². The SMILES string of the molecule is CSCCC(NC(=O)c1ccc(COCCc2ccc(Cl)cc2)cc1-c1ccccc1C)C(=O)O.[H-].[Li+]. The van der Waals surface area contributed by atoms with Crippen molar-refractivity contribution in [1.82, 2.24) is 5.32 Å². The average molecular weight is 520 g/mol. The second-order valence-corrected chi connectivity index (χ2v) is 9.69. The molecule has 8 heteroatoms. The third-order valence-corrected chi connectivity index (χ3v) is 6.59. The largest absolute Gasteiger partial charge is 1.00 e. The maximum Gasteiger partial charge on any atom is 1.00 e. The number of ether oxygens (including phenoxy) is 1. The molecule has 1 unspecified atom stereocenters. The summed E-state index contributed by atoms with van der Waals surface area (Å²) in [7, 11) is 0. The fourth-order valence-corrected chi connectivity index (χ4v) is 4.33. The van der Waals surface area contributed by atoms with Crippen LogP contribution in [0.15, 0.2) is 66.7 Å². The molecule has 3 aromatic carbocycles. The number of carbonyl (C=O) groups excluding carboxylic acids is 1. The quantitative estimate of drug-likeness (QED) is 0.284. The van der Waals surface area contributed by atoms with Gasteiger partial charge in [-0.25, -0.2) is 4.79 Å². The third-order valence-electron chi connectivity index (χ3n) is 5.69. The molecule has 0 aromatic heterocycles. The van der Waals surface area contributed by atoms with Crippen LogP contribution in [0.2, 0.25) is 5.02 Å². The maximum absolute atomic E-state index is 13.2. The number of aryl methyl sites for hydroxylation is 1. The van der Waals surface area contributed by atoms with Gasteiger partial charge in [0.1, 0.15) is 6.04 Å². The number of aliphatic carboxylic acids is 1. The Balaban J connectivity index is 0.00000342. The Morgan fingerprint density at radius 2 is 1.75 bits per heavy atom. The molecule has 0 fully saturated rings. The number of rotatable bonds is 12. The molecule has 0 saturated carbocycles. The molecule has 0 saturated heterocycles. The van der Waals surface area contributed by atoms with Gasteiger partial charge in [-0.1, -0.05) is 54.1 Å². The predicted molar refractivity (Wildman–Crippen MR) is 144 cm³/mol. The minimum atomic E-state index is -1.03. The number of carboxylic acids is 1. The van der Waals surface area contributed by atoms with Gasteiger partial charge in [-0.3, -0.25) is 4.79 Å². The van der Waals surface area contributed by atoms with E-state index in [4.69, 9.17) is 16.3 Å². The Kier molecular flexibility index (Phi) is 12.6. The predicted octanol–water partition coefficient (Wildman–Crippen LogP) is 3.13. The van der Waals surface area contributed by atoms with Gasteiger partial charge in [0.15, 0.2) is 0 Å². The second kappa shape index (κ2) is 15.1. The summed E-state index contributed by atoms with van der Waals surface area (Å²) in [5, 5.41) is 12.9. The van der Waals surface area contributed by atoms with Gasteiger partial charge in [-0.05, 0) is 83.9 Å². The van der Waals surface area contributed by atoms with Crippen LogP contribution in [-0.2, 0) is 22.6 Å². The van der Waals surface area contributed by atoms with E-state index >= 15 is 0 Å². The van der Waals surface area contributed by atoms with E-state index in [2.05, 4.69) is 5.32 Å². The van der Waals surface area contributed by atoms with Crippen LogP contribution < -0.4 is 24.2 Å². The molecule has 3 aromatic rings. The number of hydrogen-bond donors (Lipinski definition) is 2. The summed E-state index contributed by atoms with van der Waals surface area (Å²) in [5.74, 6) is -0.781. The van der Waals surface area contributed by atoms with Crippen molar-refractivity contribution in [2.24, 2.45) is 0 Å². The third kappa shape index (κ3) is 8.72. The number of halogens is 1. The monoisotopic (exact) mass is 519 g/mol. The van der Waals surface area contributed by atoms with Crippen LogP contribution in [0.1, 0.15) is 34.9 Å². The number of amides is 1. The van der Waals surface area contributed by atoms with Gasteiger partial charge >= 0.3 is 24.8 Å². The van der Waals surface area contributed by atoms with Crippen LogP contribution in [-0.4, -0.2) is 41.6 Å². The summed E-state index contributed by atoms with van der Waals surface area (Å²) in [5.41, 5.74) is 5.24. The summed E-state index contributed by atoms with van der Waals surface area (Å²) < 4.78 is 5.90. The molecule has 0 aliphatic carbocycles. The van der Waals surface area contributed by atoms with Gasteiger partial charge in [0, 0.05) is 10.6 Å². The molecule has 36 heavy (non-hydrogen) atoms. The molecule has 0 heterocycles. The van der Waals surface area contributed by atoms with Crippen molar-refractivity contribution in [2.75, 3.05) is 18.6 Å². The molecule has 5 nitrogen and oxygen atoms in total. The van der Waals surface area contributed by atoms with Gasteiger partial charge in [-0.2, -0.15) is 11.8 Å². The van der Waals surface area contributed by atoms with Crippen LogP contribution in [0.5, 0.6) is 0 Å². The molecular formula is C28H31ClLiNO4S. The molecule has 1 atom stereocenters. The van der Waals surface area contributed by atoms with Crippen LogP contribution in [0.25, 0.3) is 11.1 Å². The second-order valence-electron chi connectivity index (χ2n) is 8.27. The van der Waals surface area contributed by atoms with Crippen molar-refractivity contribution in [2.45, 2.75) is 32.4 Å². The van der Waals surface area contributed by atoms with E-state index in [0.717, 1.165) is 34.2 Å². The summed E-state index contributed by atoms with van der Waals surface area (Å²) >= 11 is 7.49. The van der Waals surface area contributed by atoms with Crippen LogP contribution in [0.3, 0.4) is 0 Å². The van der Waals surface area contributed by atoms with Crippen molar-refractivity contribution in [3.63, 3.8) is 0 Å². The standard InChI is InChI=1S/C28H30ClNO4S.Li.H/c1-19-5-3-4-6-23(19)25-17-21(18-34-15-13-20-7-10-22(29)11-8-20)9-12-24(25)27(31)30-26(28(32)33)14-16-35-2;;/h3-12,17,26H,13-16,18H2,1-2H3,(H,30,31)(H,32,33);;/q;+1;-1. The Hall–Kier alpha value is -2.20. The van der Waals surface area contributed by atoms with Crippen LogP contribution in [0.4, 0.5) is 0 Å². The van der Waals surface area contributed by atoms with E-state index in [1.54, 1.807) is 17.8 Å². The molecule has 2 N–H and O–H groups in total. The Morgan fingerprint density at radius 1 is 1.06 bits per heavy atom. The Bertz CT molecular complexity index is 1160. The Morgan fingerprint density at radius 3 is 2.42 bits per heavy atom. The van der Waals surface area contributed by atoms with Gasteiger partial charge in [0.05, 0.1) is 13.2 Å². The number of carboxylic acid groups (broad SMARTS) is 1. The molecule has 0 spiro atoms. The van der Waals surface area contributed by atoms with Crippen molar-refractivity contribution in [3.8, 4) is 11.1 Å². The van der Waals surface area contributed by atoms with Gasteiger partial charge in [-0.15, -0.1) is 0 Å². The summed E-state index contributed by atoms with van der Waals surface area (Å²) in [6, 6.07) is 20.2. The fourth-order valence-electron chi connectivity index (χ4n) is 3.74. The summed E-state index contributed by atoms with van der Waals surface area (Å²) in [6.45, 7) is 2.95. The van der Waals surface area contributed by atoms with Crippen molar-refractivity contribution >= 4 is 35.2 Å². The van der Waals surface area contributed by atoms with Gasteiger partial charge in [0.25, 0.3) is 5.91 Å². The molecule has 186 valence electrons. The van der Waals surface area contributed by atoms with Gasteiger partial charge in [0.2, 0.25) is 0 Å². The van der Waals surface area contributed by atoms with Crippen molar-refractivity contribution in [1.29, 1.82) is 0 Å². The number of nitrogens with one attached hydrogen (secondary N) is 1. The first-order chi connectivity index (χ1) is 16.9. The number of thioether (sulfide) groups is 1. The van der Waals surface area contributed by atoms with Crippen molar-refractivity contribution < 1.29 is 39.7 Å². The molecular weight excluding hydrogens is 489 g/mol. The number of benzene rings is 3. The molecule has 0 bridgehead atoms. The number of carbonyl (C=O) groups is 2. The zero-order valence-corrected chi connectivity index (χ0v) is 22.5. The van der Waals surface area contributed by atoms with E-state index < -0.39 is 17.9 Å². The summed E-state index contributed by atoms with van der Waals surface area (Å²) in [4.78, 5) is 24.8. The fraction of sp³-hybridized carbons (Fsp3) is 0.286. The average Bonchev–Trinajstić information content (AvgIpc) is 2.85. The zero-order chi connectivity index (χ0) is 25.2. The van der Waals surface area contributed by atoms with E-state index in [1.165, 1.54) is 0 Å². The van der Waals surface area contributed by atoms with Gasteiger partial charge < -0.3 is 16.6 Å². The first-order valence-corrected chi connectivity index (χ1v) is 13.2. The molecule has 1 amide bonds. The number of hydrogen-bond acceptors (Lipinski definition) is 4. The molecule has 0 aliphatic heterocycles. The van der Waals surface area contributed by atoms with Crippen molar-refractivity contribution in [3.05, 3.63) is 94.0 Å². The van der Waals surface area contributed by atoms with E-state index in [9.17, 15) is 14.7 Å². The van der Waals surface area contributed by atoms with E-state index in [0.29, 0.717) is 36.0 Å². The minimum absolute atomic E-state index is 0. The molecule has 0 radical (unpaired) electrons. The van der Waals surface area contributed by atoms with E-state index in [1.807, 2.05) is 73.8 Å². The molecule has 0 aliphatic rings. The summed E-state index contributed by atoms with van der Waals surface area (Å²) in [6.07, 6.45) is 3.05.